The van der Waals surface area contributed by atoms with Gasteiger partial charge in [-0.25, -0.2) is 0 Å². The summed E-state index contributed by atoms with van der Waals surface area (Å²) in [5.41, 5.74) is 2.77. The van der Waals surface area contributed by atoms with Crippen molar-refractivity contribution in [2.24, 2.45) is 5.92 Å². The molecule has 0 radical (unpaired) electrons. The van der Waals surface area contributed by atoms with Crippen molar-refractivity contribution in [2.75, 3.05) is 13.7 Å². The van der Waals surface area contributed by atoms with Gasteiger partial charge in [0.1, 0.15) is 5.75 Å². The lowest BCUT2D eigenvalue weighted by Crippen LogP contribution is -2.13. The number of rotatable bonds is 5. The lowest BCUT2D eigenvalue weighted by molar-refractivity contribution is 0.268. The number of methoxy groups -OCH3 is 1. The highest BCUT2D eigenvalue weighted by molar-refractivity contribution is 5.42. The van der Waals surface area contributed by atoms with Crippen molar-refractivity contribution in [1.82, 2.24) is 0 Å². The first-order valence-electron chi connectivity index (χ1n) is 7.26. The summed E-state index contributed by atoms with van der Waals surface area (Å²) in [5.74, 6) is 2.15. The van der Waals surface area contributed by atoms with E-state index < -0.39 is 0 Å². The minimum atomic E-state index is 0.147. The molecule has 0 aromatic heterocycles. The third-order valence-electron chi connectivity index (χ3n) is 4.13. The smallest absolute Gasteiger partial charge is 0.122 e. The third-order valence-corrected chi connectivity index (χ3v) is 4.13. The molecule has 1 N–H and O–H groups in total. The van der Waals surface area contributed by atoms with Crippen LogP contribution in [-0.2, 0) is 5.41 Å². The Morgan fingerprint density at radius 1 is 1.32 bits per heavy atom. The SMILES string of the molecule is COc1ccc(C(C)(C)C)cc1C(CCO)C1CC1. The van der Waals surface area contributed by atoms with Crippen LogP contribution >= 0.6 is 0 Å². The first-order valence-corrected chi connectivity index (χ1v) is 7.26. The average molecular weight is 262 g/mol. The molecule has 0 spiro atoms. The summed E-state index contributed by atoms with van der Waals surface area (Å²) in [4.78, 5) is 0. The summed E-state index contributed by atoms with van der Waals surface area (Å²) in [7, 11) is 1.73. The largest absolute Gasteiger partial charge is 0.496 e. The fourth-order valence-corrected chi connectivity index (χ4v) is 2.77. The van der Waals surface area contributed by atoms with Crippen LogP contribution in [-0.4, -0.2) is 18.8 Å². The molecular formula is C17H26O2. The quantitative estimate of drug-likeness (QED) is 0.873. The van der Waals surface area contributed by atoms with Gasteiger partial charge in [-0.15, -0.1) is 0 Å². The Morgan fingerprint density at radius 3 is 2.47 bits per heavy atom. The number of hydrogen-bond acceptors (Lipinski definition) is 2. The van der Waals surface area contributed by atoms with Crippen LogP contribution in [0.5, 0.6) is 5.75 Å². The van der Waals surface area contributed by atoms with Crippen LogP contribution in [0, 0.1) is 5.92 Å². The van der Waals surface area contributed by atoms with E-state index in [4.69, 9.17) is 4.74 Å². The zero-order valence-electron chi connectivity index (χ0n) is 12.6. The Morgan fingerprint density at radius 2 is 2.00 bits per heavy atom. The molecule has 2 heteroatoms. The van der Waals surface area contributed by atoms with E-state index in [2.05, 4.69) is 39.0 Å². The number of hydrogen-bond donors (Lipinski definition) is 1. The number of aliphatic hydroxyl groups excluding tert-OH is 1. The van der Waals surface area contributed by atoms with Gasteiger partial charge < -0.3 is 9.84 Å². The van der Waals surface area contributed by atoms with E-state index in [9.17, 15) is 5.11 Å². The molecule has 1 aromatic rings. The van der Waals surface area contributed by atoms with Crippen LogP contribution in [0.3, 0.4) is 0 Å². The molecule has 0 aliphatic heterocycles. The van der Waals surface area contributed by atoms with E-state index in [0.717, 1.165) is 18.1 Å². The van der Waals surface area contributed by atoms with Crippen LogP contribution in [0.25, 0.3) is 0 Å². The molecule has 1 aliphatic rings. The predicted octanol–water partition coefficient (Wildman–Crippen LogP) is 3.87. The Hall–Kier alpha value is -1.02. The molecule has 0 saturated heterocycles. The molecule has 1 atom stereocenters. The van der Waals surface area contributed by atoms with Crippen molar-refractivity contribution < 1.29 is 9.84 Å². The maximum absolute atomic E-state index is 9.33. The fraction of sp³-hybridized carbons (Fsp3) is 0.647. The molecule has 1 saturated carbocycles. The summed E-state index contributed by atoms with van der Waals surface area (Å²) < 4.78 is 5.54. The van der Waals surface area contributed by atoms with Crippen LogP contribution in [0.4, 0.5) is 0 Å². The van der Waals surface area contributed by atoms with Crippen molar-refractivity contribution in [3.63, 3.8) is 0 Å². The van der Waals surface area contributed by atoms with Gasteiger partial charge in [-0.3, -0.25) is 0 Å². The van der Waals surface area contributed by atoms with Gasteiger partial charge in [0.2, 0.25) is 0 Å². The number of aliphatic hydroxyl groups is 1. The Kier molecular flexibility index (Phi) is 4.19. The predicted molar refractivity (Wildman–Crippen MR) is 78.9 cm³/mol. The average Bonchev–Trinajstić information content (AvgIpc) is 3.18. The molecule has 0 heterocycles. The zero-order valence-corrected chi connectivity index (χ0v) is 12.6. The highest BCUT2D eigenvalue weighted by atomic mass is 16.5. The summed E-state index contributed by atoms with van der Waals surface area (Å²) in [6.07, 6.45) is 3.41. The Labute approximate surface area is 116 Å². The Balaban J connectivity index is 2.39. The molecule has 0 bridgehead atoms. The fourth-order valence-electron chi connectivity index (χ4n) is 2.77. The van der Waals surface area contributed by atoms with Crippen LogP contribution in [0.1, 0.15) is 57.1 Å². The number of benzene rings is 1. The standard InChI is InChI=1S/C17H26O2/c1-17(2,3)13-7-8-16(19-4)15(11-13)14(9-10-18)12-5-6-12/h7-8,11-12,14,18H,5-6,9-10H2,1-4H3. The topological polar surface area (TPSA) is 29.5 Å². The van der Waals surface area contributed by atoms with Gasteiger partial charge in [-0.1, -0.05) is 32.9 Å². The normalized spacial score (nSPS) is 17.3. The molecule has 2 nitrogen and oxygen atoms in total. The molecule has 106 valence electrons. The minimum Gasteiger partial charge on any atom is -0.496 e. The third kappa shape index (κ3) is 3.30. The Bertz CT molecular complexity index is 427. The first-order chi connectivity index (χ1) is 8.97. The van der Waals surface area contributed by atoms with E-state index in [0.29, 0.717) is 5.92 Å². The summed E-state index contributed by atoms with van der Waals surface area (Å²) >= 11 is 0. The molecule has 1 fully saturated rings. The summed E-state index contributed by atoms with van der Waals surface area (Å²) in [6.45, 7) is 6.95. The first kappa shape index (κ1) is 14.4. The van der Waals surface area contributed by atoms with E-state index in [1.165, 1.54) is 24.0 Å². The van der Waals surface area contributed by atoms with Crippen molar-refractivity contribution in [2.45, 2.75) is 51.4 Å². The highest BCUT2D eigenvalue weighted by Crippen LogP contribution is 2.47. The maximum atomic E-state index is 9.33. The molecule has 2 rings (SSSR count). The monoisotopic (exact) mass is 262 g/mol. The molecule has 1 unspecified atom stereocenters. The molecular weight excluding hydrogens is 236 g/mol. The van der Waals surface area contributed by atoms with E-state index in [1.54, 1.807) is 7.11 Å². The van der Waals surface area contributed by atoms with Gasteiger partial charge in [0.05, 0.1) is 7.11 Å². The second-order valence-corrected chi connectivity index (χ2v) is 6.66. The van der Waals surface area contributed by atoms with Gasteiger partial charge in [0.25, 0.3) is 0 Å². The molecule has 1 aliphatic carbocycles. The second kappa shape index (κ2) is 5.54. The molecule has 1 aromatic carbocycles. The minimum absolute atomic E-state index is 0.147. The van der Waals surface area contributed by atoms with Gasteiger partial charge in [-0.2, -0.15) is 0 Å². The van der Waals surface area contributed by atoms with Gasteiger partial charge in [-0.05, 0) is 53.7 Å². The summed E-state index contributed by atoms with van der Waals surface area (Å²) in [6, 6.07) is 6.53. The number of ether oxygens (including phenoxy) is 1. The molecule has 19 heavy (non-hydrogen) atoms. The van der Waals surface area contributed by atoms with E-state index in [1.807, 2.05) is 0 Å². The molecule has 0 amide bonds. The summed E-state index contributed by atoms with van der Waals surface area (Å²) in [5, 5.41) is 9.33. The van der Waals surface area contributed by atoms with Crippen molar-refractivity contribution >= 4 is 0 Å². The van der Waals surface area contributed by atoms with Gasteiger partial charge in [0.15, 0.2) is 0 Å². The van der Waals surface area contributed by atoms with Gasteiger partial charge in [0, 0.05) is 6.61 Å². The maximum Gasteiger partial charge on any atom is 0.122 e. The van der Waals surface area contributed by atoms with Crippen molar-refractivity contribution in [3.8, 4) is 5.75 Å². The second-order valence-electron chi connectivity index (χ2n) is 6.66. The van der Waals surface area contributed by atoms with Crippen molar-refractivity contribution in [1.29, 1.82) is 0 Å². The highest BCUT2D eigenvalue weighted by Gasteiger charge is 2.34. The van der Waals surface area contributed by atoms with Crippen LogP contribution in [0.2, 0.25) is 0 Å². The van der Waals surface area contributed by atoms with E-state index >= 15 is 0 Å². The van der Waals surface area contributed by atoms with Crippen molar-refractivity contribution in [3.05, 3.63) is 29.3 Å². The van der Waals surface area contributed by atoms with Crippen LogP contribution in [0.15, 0.2) is 18.2 Å². The lowest BCUT2D eigenvalue weighted by atomic mass is 9.82. The van der Waals surface area contributed by atoms with Gasteiger partial charge >= 0.3 is 0 Å². The zero-order chi connectivity index (χ0) is 14.0. The van der Waals surface area contributed by atoms with E-state index in [-0.39, 0.29) is 12.0 Å². The van der Waals surface area contributed by atoms with Crippen LogP contribution < -0.4 is 4.74 Å². The lowest BCUT2D eigenvalue weighted by Gasteiger charge is -2.24.